The second-order valence-corrected chi connectivity index (χ2v) is 16.6. The summed E-state index contributed by atoms with van der Waals surface area (Å²) < 4.78 is 15.0. The molecule has 0 spiro atoms. The number of nitrogens with zero attached hydrogens (tertiary/aromatic N) is 3. The van der Waals surface area contributed by atoms with Gasteiger partial charge in [0.05, 0.1) is 16.6 Å². The first kappa shape index (κ1) is 34.7. The van der Waals surface area contributed by atoms with Crippen molar-refractivity contribution in [2.75, 3.05) is 26.2 Å². The fourth-order valence-electron chi connectivity index (χ4n) is 11.1. The van der Waals surface area contributed by atoms with E-state index in [9.17, 15) is 24.3 Å². The Morgan fingerprint density at radius 2 is 1.67 bits per heavy atom. The third-order valence-electron chi connectivity index (χ3n) is 14.3. The second kappa shape index (κ2) is 12.9. The number of hydrogen-bond acceptors (Lipinski definition) is 6. The minimum atomic E-state index is -1.24. The normalized spacial score (nSPS) is 32.7. The van der Waals surface area contributed by atoms with Crippen LogP contribution < -0.4 is 5.56 Å². The van der Waals surface area contributed by atoms with Crippen LogP contribution in [-0.4, -0.2) is 74.5 Å². The highest BCUT2D eigenvalue weighted by molar-refractivity contribution is 5.96. The van der Waals surface area contributed by atoms with Gasteiger partial charge in [-0.2, -0.15) is 5.10 Å². The molecule has 4 saturated carbocycles. The molecule has 4 aliphatic carbocycles. The first-order valence-electron chi connectivity index (χ1n) is 19.0. The van der Waals surface area contributed by atoms with Gasteiger partial charge >= 0.3 is 0 Å². The molecule has 52 heavy (non-hydrogen) atoms. The number of H-pyrrole nitrogens is 1. The second-order valence-electron chi connectivity index (χ2n) is 16.6. The highest BCUT2D eigenvalue weighted by Crippen LogP contribution is 2.68. The number of rotatable bonds is 3. The lowest BCUT2D eigenvalue weighted by Crippen LogP contribution is -2.56. The average Bonchev–Trinajstić information content (AvgIpc) is 3.42. The number of halogens is 1. The van der Waals surface area contributed by atoms with Crippen LogP contribution in [0.5, 0.6) is 0 Å². The van der Waals surface area contributed by atoms with Crippen LogP contribution in [0.3, 0.4) is 0 Å². The lowest BCUT2D eigenvalue weighted by Gasteiger charge is -2.60. The Hall–Kier alpha value is -4.36. The van der Waals surface area contributed by atoms with Gasteiger partial charge in [-0.05, 0) is 104 Å². The molecule has 1 saturated heterocycles. The van der Waals surface area contributed by atoms with Crippen molar-refractivity contribution in [1.82, 2.24) is 20.0 Å². The molecule has 1 aliphatic heterocycles. The maximum absolute atomic E-state index is 15.0. The molecule has 9 nitrogen and oxygen atoms in total. The molecule has 7 atom stereocenters. The summed E-state index contributed by atoms with van der Waals surface area (Å²) in [7, 11) is 0. The molecule has 10 heteroatoms. The molecule has 8 rings (SSSR count). The van der Waals surface area contributed by atoms with Crippen LogP contribution in [0.4, 0.5) is 4.39 Å². The molecule has 5 fully saturated rings. The summed E-state index contributed by atoms with van der Waals surface area (Å²) in [6.45, 7) is 5.59. The molecule has 3 aromatic rings. The lowest BCUT2D eigenvalue weighted by atomic mass is 9.44. The van der Waals surface area contributed by atoms with Gasteiger partial charge in [0, 0.05) is 56.2 Å². The van der Waals surface area contributed by atoms with E-state index in [1.165, 1.54) is 12.1 Å². The van der Waals surface area contributed by atoms with Gasteiger partial charge < -0.3 is 14.9 Å². The van der Waals surface area contributed by atoms with Crippen molar-refractivity contribution in [2.45, 2.75) is 83.7 Å². The molecule has 5 aliphatic rings. The minimum absolute atomic E-state index is 0.0498. The fourth-order valence-corrected chi connectivity index (χ4v) is 11.1. The van der Waals surface area contributed by atoms with Crippen molar-refractivity contribution in [1.29, 1.82) is 0 Å². The lowest BCUT2D eigenvalue weighted by molar-refractivity contribution is -0.147. The molecular weight excluding hydrogens is 659 g/mol. The van der Waals surface area contributed by atoms with E-state index in [1.807, 2.05) is 12.1 Å². The van der Waals surface area contributed by atoms with Crippen molar-refractivity contribution in [3.05, 3.63) is 75.5 Å². The number of hydrogen-bond donors (Lipinski definition) is 2. The molecule has 2 aromatic carbocycles. The predicted molar refractivity (Wildman–Crippen MR) is 194 cm³/mol. The van der Waals surface area contributed by atoms with Crippen LogP contribution in [0.1, 0.15) is 93.3 Å². The van der Waals surface area contributed by atoms with Crippen LogP contribution in [0.25, 0.3) is 10.8 Å². The van der Waals surface area contributed by atoms with Crippen molar-refractivity contribution in [3.8, 4) is 11.8 Å². The Balaban J connectivity index is 0.908. The third kappa shape index (κ3) is 5.67. The van der Waals surface area contributed by atoms with Gasteiger partial charge in [0.1, 0.15) is 17.2 Å². The molecule has 2 N–H and O–H groups in total. The number of carbonyl (C=O) groups excluding carboxylic acids is 3. The van der Waals surface area contributed by atoms with E-state index in [0.717, 1.165) is 44.9 Å². The van der Waals surface area contributed by atoms with Gasteiger partial charge in [-0.15, -0.1) is 0 Å². The molecule has 272 valence electrons. The number of nitrogens with one attached hydrogen (secondary N) is 1. The van der Waals surface area contributed by atoms with Gasteiger partial charge in [0.2, 0.25) is 0 Å². The van der Waals surface area contributed by atoms with Crippen LogP contribution >= 0.6 is 0 Å². The van der Waals surface area contributed by atoms with Crippen molar-refractivity contribution < 1.29 is 23.9 Å². The van der Waals surface area contributed by atoms with E-state index in [4.69, 9.17) is 0 Å². The smallest absolute Gasteiger partial charge is 0.298 e. The average molecular weight is 707 g/mol. The topological polar surface area (TPSA) is 124 Å². The SMILES string of the molecule is C[C@]12CCC(=O)CC1CC[C@@H]1C2CC[C@@]2(C)C1CC[C@@]2(O)C#CC(=O)N1CCN(C(=O)c2cc(Cc3n[nH]c(=O)c4ccccc34)ccc2F)CC1. The van der Waals surface area contributed by atoms with Crippen LogP contribution in [0, 0.1) is 52.2 Å². The van der Waals surface area contributed by atoms with Gasteiger partial charge in [-0.1, -0.05) is 44.0 Å². The molecule has 2 heterocycles. The number of aromatic nitrogens is 2. The number of ketones is 1. The summed E-state index contributed by atoms with van der Waals surface area (Å²) in [6.07, 6.45) is 8.21. The monoisotopic (exact) mass is 706 g/mol. The molecular formula is C42H47FN4O5. The molecule has 0 radical (unpaired) electrons. The molecule has 3 unspecified atom stereocenters. The highest BCUT2D eigenvalue weighted by atomic mass is 19.1. The predicted octanol–water partition coefficient (Wildman–Crippen LogP) is 5.28. The van der Waals surface area contributed by atoms with Gasteiger partial charge in [0.15, 0.2) is 0 Å². The van der Waals surface area contributed by atoms with E-state index >= 15 is 4.39 Å². The summed E-state index contributed by atoms with van der Waals surface area (Å²) >= 11 is 0. The van der Waals surface area contributed by atoms with Gasteiger partial charge in [-0.3, -0.25) is 19.2 Å². The maximum Gasteiger partial charge on any atom is 0.298 e. The number of benzene rings is 2. The van der Waals surface area contributed by atoms with E-state index in [2.05, 4.69) is 35.9 Å². The third-order valence-corrected chi connectivity index (χ3v) is 14.3. The number of carbonyl (C=O) groups is 3. The number of amides is 2. The standard InChI is InChI=1S/C42H47FN4O5/c1-40-15-11-28(48)25-27(40)8-9-31-33(40)12-16-41(2)34(31)13-17-42(41,52)18-14-37(49)46-19-21-47(22-20-46)39(51)32-23-26(7-10-35(32)43)24-36-29-5-3-4-6-30(29)38(50)45-44-36/h3-7,10,23,27,31,33-34,52H,8-9,11-13,15-17,19-22,24-25H2,1-2H3,(H,45,50)/t27?,31-,33?,34?,40+,41+,42-/m1/s1. The number of aromatic amines is 1. The van der Waals surface area contributed by atoms with E-state index in [1.54, 1.807) is 28.0 Å². The quantitative estimate of drug-likeness (QED) is 0.358. The Morgan fingerprint density at radius 1 is 0.942 bits per heavy atom. The molecule has 2 amide bonds. The van der Waals surface area contributed by atoms with Crippen LogP contribution in [-0.2, 0) is 16.0 Å². The largest absolute Gasteiger partial charge is 0.377 e. The first-order chi connectivity index (χ1) is 24.9. The van der Waals surface area contributed by atoms with E-state index in [-0.39, 0.29) is 54.0 Å². The Kier molecular flexibility index (Phi) is 8.64. The summed E-state index contributed by atoms with van der Waals surface area (Å²) in [4.78, 5) is 54.6. The van der Waals surface area contributed by atoms with Crippen molar-refractivity contribution >= 4 is 28.4 Å². The summed E-state index contributed by atoms with van der Waals surface area (Å²) in [5.74, 6) is 6.77. The molecule has 0 bridgehead atoms. The summed E-state index contributed by atoms with van der Waals surface area (Å²) in [5.41, 5.74) is -0.477. The number of piperazine rings is 1. The number of fused-ring (bicyclic) bond motifs is 6. The zero-order chi connectivity index (χ0) is 36.4. The highest BCUT2D eigenvalue weighted by Gasteiger charge is 2.64. The Labute approximate surface area is 303 Å². The van der Waals surface area contributed by atoms with E-state index < -0.39 is 17.3 Å². The zero-order valence-corrected chi connectivity index (χ0v) is 30.1. The summed E-state index contributed by atoms with van der Waals surface area (Å²) in [6, 6.07) is 11.6. The molecule has 1 aromatic heterocycles. The maximum atomic E-state index is 15.0. The van der Waals surface area contributed by atoms with E-state index in [0.29, 0.717) is 70.7 Å². The number of Topliss-reactive ketones (excluding diaryl/α,β-unsaturated/α-hetero) is 1. The van der Waals surface area contributed by atoms with Gasteiger partial charge in [0.25, 0.3) is 17.4 Å². The van der Waals surface area contributed by atoms with Crippen LogP contribution in [0.2, 0.25) is 0 Å². The van der Waals surface area contributed by atoms with Gasteiger partial charge in [-0.25, -0.2) is 9.49 Å². The summed E-state index contributed by atoms with van der Waals surface area (Å²) in [5, 5.41) is 20.0. The zero-order valence-electron chi connectivity index (χ0n) is 30.1. The van der Waals surface area contributed by atoms with Crippen LogP contribution in [0.15, 0.2) is 47.3 Å². The Morgan fingerprint density at radius 3 is 2.46 bits per heavy atom. The van der Waals surface area contributed by atoms with Crippen molar-refractivity contribution in [3.63, 3.8) is 0 Å². The number of aliphatic hydroxyl groups is 1. The minimum Gasteiger partial charge on any atom is -0.377 e. The fraction of sp³-hybridized carbons (Fsp3) is 0.548. The first-order valence-corrected chi connectivity index (χ1v) is 19.0. The van der Waals surface area contributed by atoms with Crippen molar-refractivity contribution in [2.24, 2.45) is 34.5 Å². The Bertz CT molecular complexity index is 2080.